The van der Waals surface area contributed by atoms with Crippen molar-refractivity contribution in [1.82, 2.24) is 15.1 Å². The molecule has 114 valence electrons. The largest absolute Gasteiger partial charge is 0.341 e. The Kier molecular flexibility index (Phi) is 5.40. The molecule has 2 saturated heterocycles. The van der Waals surface area contributed by atoms with Crippen molar-refractivity contribution in [2.45, 2.75) is 58.0 Å². The fourth-order valence-electron chi connectivity index (χ4n) is 3.11. The highest BCUT2D eigenvalue weighted by Crippen LogP contribution is 2.18. The number of rotatable bonds is 5. The van der Waals surface area contributed by atoms with Gasteiger partial charge >= 0.3 is 0 Å². The van der Waals surface area contributed by atoms with Crippen LogP contribution in [0.4, 0.5) is 0 Å². The predicted molar refractivity (Wildman–Crippen MR) is 78.3 cm³/mol. The molecule has 2 amide bonds. The van der Waals surface area contributed by atoms with E-state index < -0.39 is 0 Å². The minimum atomic E-state index is -0.311. The second-order valence-electron chi connectivity index (χ2n) is 5.89. The van der Waals surface area contributed by atoms with Gasteiger partial charge < -0.3 is 15.1 Å². The quantitative estimate of drug-likeness (QED) is 0.817. The summed E-state index contributed by atoms with van der Waals surface area (Å²) >= 11 is 0. The van der Waals surface area contributed by atoms with Gasteiger partial charge in [-0.05, 0) is 45.6 Å². The summed E-state index contributed by atoms with van der Waals surface area (Å²) in [5, 5.41) is 3.27. The van der Waals surface area contributed by atoms with Crippen LogP contribution in [0.15, 0.2) is 0 Å². The van der Waals surface area contributed by atoms with Crippen molar-refractivity contribution in [2.75, 3.05) is 26.2 Å². The first-order valence-corrected chi connectivity index (χ1v) is 7.97. The van der Waals surface area contributed by atoms with Crippen molar-refractivity contribution in [3.8, 4) is 0 Å². The van der Waals surface area contributed by atoms with E-state index in [9.17, 15) is 9.59 Å². The van der Waals surface area contributed by atoms with Gasteiger partial charge in [0.25, 0.3) is 0 Å². The normalized spacial score (nSPS) is 25.1. The molecule has 0 aromatic heterocycles. The maximum Gasteiger partial charge on any atom is 0.245 e. The Morgan fingerprint density at radius 3 is 2.65 bits per heavy atom. The van der Waals surface area contributed by atoms with Gasteiger partial charge in [-0.2, -0.15) is 0 Å². The average Bonchev–Trinajstić information content (AvgIpc) is 2.85. The Morgan fingerprint density at radius 2 is 2.00 bits per heavy atom. The molecule has 5 nitrogen and oxygen atoms in total. The topological polar surface area (TPSA) is 52.7 Å². The predicted octanol–water partition coefficient (Wildman–Crippen LogP) is 0.988. The lowest BCUT2D eigenvalue weighted by atomic mass is 10.1. The first-order valence-electron chi connectivity index (χ1n) is 7.97. The van der Waals surface area contributed by atoms with Crippen LogP contribution in [-0.4, -0.2) is 59.9 Å². The smallest absolute Gasteiger partial charge is 0.245 e. The molecule has 2 atom stereocenters. The highest BCUT2D eigenvalue weighted by molar-refractivity contribution is 5.91. The summed E-state index contributed by atoms with van der Waals surface area (Å²) < 4.78 is 0. The van der Waals surface area contributed by atoms with Gasteiger partial charge in [0.1, 0.15) is 6.04 Å². The molecular formula is C15H27N3O2. The second kappa shape index (κ2) is 7.07. The van der Waals surface area contributed by atoms with Gasteiger partial charge in [-0.15, -0.1) is 0 Å². The van der Waals surface area contributed by atoms with Gasteiger partial charge in [0, 0.05) is 19.6 Å². The monoisotopic (exact) mass is 281 g/mol. The SMILES string of the molecule is CCCNC1CCN(C(C)C(=O)N2CCCCC2)C1=O. The van der Waals surface area contributed by atoms with Crippen LogP contribution in [0.1, 0.15) is 46.0 Å². The van der Waals surface area contributed by atoms with E-state index in [4.69, 9.17) is 0 Å². The van der Waals surface area contributed by atoms with Crippen molar-refractivity contribution in [1.29, 1.82) is 0 Å². The fourth-order valence-corrected chi connectivity index (χ4v) is 3.11. The van der Waals surface area contributed by atoms with Crippen molar-refractivity contribution in [3.63, 3.8) is 0 Å². The molecule has 2 heterocycles. The van der Waals surface area contributed by atoms with Crippen LogP contribution in [0.5, 0.6) is 0 Å². The van der Waals surface area contributed by atoms with E-state index >= 15 is 0 Å². The van der Waals surface area contributed by atoms with Crippen LogP contribution in [-0.2, 0) is 9.59 Å². The van der Waals surface area contributed by atoms with Crippen LogP contribution in [0, 0.1) is 0 Å². The summed E-state index contributed by atoms with van der Waals surface area (Å²) in [6, 6.07) is -0.402. The molecule has 0 aromatic carbocycles. The number of carbonyl (C=O) groups is 2. The van der Waals surface area contributed by atoms with E-state index in [2.05, 4.69) is 12.2 Å². The summed E-state index contributed by atoms with van der Waals surface area (Å²) in [4.78, 5) is 28.5. The van der Waals surface area contributed by atoms with Crippen LogP contribution >= 0.6 is 0 Å². The molecule has 2 unspecified atom stereocenters. The number of amides is 2. The van der Waals surface area contributed by atoms with Crippen LogP contribution < -0.4 is 5.32 Å². The Balaban J connectivity index is 1.90. The minimum absolute atomic E-state index is 0.0912. The highest BCUT2D eigenvalue weighted by Gasteiger charge is 2.37. The molecule has 2 fully saturated rings. The molecule has 0 aromatic rings. The van der Waals surface area contributed by atoms with Crippen molar-refractivity contribution < 1.29 is 9.59 Å². The highest BCUT2D eigenvalue weighted by atomic mass is 16.2. The van der Waals surface area contributed by atoms with Crippen molar-refractivity contribution >= 4 is 11.8 Å². The average molecular weight is 281 g/mol. The molecule has 2 aliphatic heterocycles. The Bertz CT molecular complexity index is 353. The lowest BCUT2D eigenvalue weighted by molar-refractivity contribution is -0.144. The second-order valence-corrected chi connectivity index (χ2v) is 5.89. The van der Waals surface area contributed by atoms with E-state index in [1.165, 1.54) is 6.42 Å². The van der Waals surface area contributed by atoms with Crippen LogP contribution in [0.3, 0.4) is 0 Å². The Hall–Kier alpha value is -1.10. The third kappa shape index (κ3) is 3.32. The molecular weight excluding hydrogens is 254 g/mol. The number of nitrogens with zero attached hydrogens (tertiary/aromatic N) is 2. The zero-order valence-electron chi connectivity index (χ0n) is 12.7. The number of nitrogens with one attached hydrogen (secondary N) is 1. The molecule has 2 aliphatic rings. The number of piperidine rings is 1. The Labute approximate surface area is 121 Å². The summed E-state index contributed by atoms with van der Waals surface area (Å²) in [7, 11) is 0. The van der Waals surface area contributed by atoms with Crippen molar-refractivity contribution in [2.24, 2.45) is 0 Å². The zero-order chi connectivity index (χ0) is 14.5. The van der Waals surface area contributed by atoms with Gasteiger partial charge in [-0.25, -0.2) is 0 Å². The lowest BCUT2D eigenvalue weighted by Gasteiger charge is -2.32. The maximum absolute atomic E-state index is 12.5. The molecule has 1 N–H and O–H groups in total. The summed E-state index contributed by atoms with van der Waals surface area (Å²) in [6.07, 6.45) is 5.23. The van der Waals surface area contributed by atoms with E-state index in [-0.39, 0.29) is 23.9 Å². The first-order chi connectivity index (χ1) is 9.65. The van der Waals surface area contributed by atoms with Crippen molar-refractivity contribution in [3.05, 3.63) is 0 Å². The molecule has 0 bridgehead atoms. The van der Waals surface area contributed by atoms with Crippen LogP contribution in [0.2, 0.25) is 0 Å². The van der Waals surface area contributed by atoms with E-state index in [0.717, 1.165) is 45.3 Å². The third-order valence-electron chi connectivity index (χ3n) is 4.37. The first kappa shape index (κ1) is 15.3. The van der Waals surface area contributed by atoms with Gasteiger partial charge in [-0.3, -0.25) is 9.59 Å². The Morgan fingerprint density at radius 1 is 1.30 bits per heavy atom. The summed E-state index contributed by atoms with van der Waals surface area (Å²) in [5.41, 5.74) is 0. The van der Waals surface area contributed by atoms with Gasteiger partial charge in [0.15, 0.2) is 0 Å². The number of hydrogen-bond acceptors (Lipinski definition) is 3. The molecule has 2 rings (SSSR count). The standard InChI is InChI=1S/C15H27N3O2/c1-3-8-16-13-7-11-18(15(13)20)12(2)14(19)17-9-5-4-6-10-17/h12-13,16H,3-11H2,1-2H3. The minimum Gasteiger partial charge on any atom is -0.341 e. The number of hydrogen-bond donors (Lipinski definition) is 1. The molecule has 5 heteroatoms. The number of likely N-dealkylation sites (tertiary alicyclic amines) is 2. The molecule has 0 aliphatic carbocycles. The zero-order valence-corrected chi connectivity index (χ0v) is 12.7. The fraction of sp³-hybridized carbons (Fsp3) is 0.867. The summed E-state index contributed by atoms with van der Waals surface area (Å²) in [6.45, 7) is 7.22. The number of carbonyl (C=O) groups excluding carboxylic acids is 2. The third-order valence-corrected chi connectivity index (χ3v) is 4.37. The molecule has 0 radical (unpaired) electrons. The lowest BCUT2D eigenvalue weighted by Crippen LogP contribution is -2.50. The molecule has 0 spiro atoms. The van der Waals surface area contributed by atoms with E-state index in [1.54, 1.807) is 4.90 Å². The van der Waals surface area contributed by atoms with Gasteiger partial charge in [0.05, 0.1) is 6.04 Å². The molecule has 20 heavy (non-hydrogen) atoms. The summed E-state index contributed by atoms with van der Waals surface area (Å²) in [5.74, 6) is 0.213. The molecule has 0 saturated carbocycles. The van der Waals surface area contributed by atoms with E-state index in [1.807, 2.05) is 11.8 Å². The van der Waals surface area contributed by atoms with Crippen LogP contribution in [0.25, 0.3) is 0 Å². The maximum atomic E-state index is 12.5. The van der Waals surface area contributed by atoms with E-state index in [0.29, 0.717) is 6.54 Å². The van der Waals surface area contributed by atoms with Gasteiger partial charge in [0.2, 0.25) is 11.8 Å². The van der Waals surface area contributed by atoms with Gasteiger partial charge in [-0.1, -0.05) is 6.92 Å².